The highest BCUT2D eigenvalue weighted by molar-refractivity contribution is 9.10. The Labute approximate surface area is 113 Å². The number of halogens is 1. The van der Waals surface area contributed by atoms with Crippen molar-refractivity contribution in [2.75, 3.05) is 0 Å². The van der Waals surface area contributed by atoms with Gasteiger partial charge in [-0.25, -0.2) is 0 Å². The largest absolute Gasteiger partial charge is 0.307 e. The molecular weight excluding hydrogens is 274 g/mol. The molecule has 2 atom stereocenters. The Hall–Kier alpha value is -0.340. The first kappa shape index (κ1) is 13.1. The fourth-order valence-electron chi connectivity index (χ4n) is 2.85. The summed E-state index contributed by atoms with van der Waals surface area (Å²) in [6, 6.07) is 9.55. The van der Waals surface area contributed by atoms with Crippen molar-refractivity contribution in [3.8, 4) is 0 Å². The number of rotatable bonds is 3. The van der Waals surface area contributed by atoms with Crippen LogP contribution >= 0.6 is 15.9 Å². The summed E-state index contributed by atoms with van der Waals surface area (Å²) in [5.74, 6) is 0. The van der Waals surface area contributed by atoms with E-state index >= 15 is 0 Å². The molecule has 0 bridgehead atoms. The second-order valence-electron chi connectivity index (χ2n) is 5.84. The van der Waals surface area contributed by atoms with Crippen LogP contribution in [0.1, 0.15) is 51.6 Å². The third kappa shape index (κ3) is 2.92. The number of benzene rings is 1. The molecule has 1 aliphatic carbocycles. The van der Waals surface area contributed by atoms with Gasteiger partial charge in [0.15, 0.2) is 0 Å². The van der Waals surface area contributed by atoms with Crippen molar-refractivity contribution in [1.29, 1.82) is 0 Å². The van der Waals surface area contributed by atoms with E-state index in [0.717, 1.165) is 0 Å². The van der Waals surface area contributed by atoms with Crippen molar-refractivity contribution >= 4 is 15.9 Å². The lowest BCUT2D eigenvalue weighted by Gasteiger charge is -2.31. The maximum atomic E-state index is 3.80. The van der Waals surface area contributed by atoms with Crippen molar-refractivity contribution in [1.82, 2.24) is 5.32 Å². The molecule has 0 amide bonds. The van der Waals surface area contributed by atoms with Crippen molar-refractivity contribution in [2.45, 2.75) is 52.1 Å². The lowest BCUT2D eigenvalue weighted by Crippen LogP contribution is -2.39. The molecule has 0 heterocycles. The molecule has 1 nitrogen and oxygen atoms in total. The normalized spacial score (nSPS) is 24.8. The molecule has 0 spiro atoms. The van der Waals surface area contributed by atoms with Crippen LogP contribution in [-0.4, -0.2) is 6.04 Å². The van der Waals surface area contributed by atoms with E-state index in [2.05, 4.69) is 66.3 Å². The number of hydrogen-bond acceptors (Lipinski definition) is 1. The molecule has 0 aliphatic heterocycles. The first-order chi connectivity index (χ1) is 8.00. The standard InChI is InChI=1S/C15H22BrN/c1-11(12-7-4-5-8-13(12)16)17-14-9-6-10-15(14,2)3/h4-5,7-8,11,14,17H,6,9-10H2,1-3H3. The molecule has 2 unspecified atom stereocenters. The van der Waals surface area contributed by atoms with Gasteiger partial charge in [-0.3, -0.25) is 0 Å². The average molecular weight is 296 g/mol. The summed E-state index contributed by atoms with van der Waals surface area (Å²) in [5, 5.41) is 3.80. The van der Waals surface area contributed by atoms with Crippen LogP contribution in [-0.2, 0) is 0 Å². The molecule has 1 N–H and O–H groups in total. The van der Waals surface area contributed by atoms with Crippen LogP contribution in [0.5, 0.6) is 0 Å². The van der Waals surface area contributed by atoms with Gasteiger partial charge in [0.2, 0.25) is 0 Å². The highest BCUT2D eigenvalue weighted by atomic mass is 79.9. The number of nitrogens with one attached hydrogen (secondary N) is 1. The maximum Gasteiger partial charge on any atom is 0.0305 e. The summed E-state index contributed by atoms with van der Waals surface area (Å²) in [7, 11) is 0. The Kier molecular flexibility index (Phi) is 3.94. The molecule has 1 aromatic rings. The van der Waals surface area contributed by atoms with E-state index in [-0.39, 0.29) is 0 Å². The molecule has 0 saturated heterocycles. The zero-order valence-corrected chi connectivity index (χ0v) is 12.5. The van der Waals surface area contributed by atoms with Crippen LogP contribution in [0.25, 0.3) is 0 Å². The topological polar surface area (TPSA) is 12.0 Å². The molecule has 17 heavy (non-hydrogen) atoms. The van der Waals surface area contributed by atoms with Crippen molar-refractivity contribution < 1.29 is 0 Å². The third-order valence-electron chi connectivity index (χ3n) is 4.08. The van der Waals surface area contributed by atoms with E-state index in [9.17, 15) is 0 Å². The van der Waals surface area contributed by atoms with Crippen LogP contribution in [0.4, 0.5) is 0 Å². The van der Waals surface area contributed by atoms with Crippen LogP contribution in [0.15, 0.2) is 28.7 Å². The summed E-state index contributed by atoms with van der Waals surface area (Å²) in [4.78, 5) is 0. The van der Waals surface area contributed by atoms with Crippen molar-refractivity contribution in [3.63, 3.8) is 0 Å². The summed E-state index contributed by atoms with van der Waals surface area (Å²) in [6.07, 6.45) is 4.00. The van der Waals surface area contributed by atoms with E-state index in [0.29, 0.717) is 17.5 Å². The lowest BCUT2D eigenvalue weighted by atomic mass is 9.86. The Bertz CT molecular complexity index is 386. The van der Waals surface area contributed by atoms with Gasteiger partial charge >= 0.3 is 0 Å². The minimum absolute atomic E-state index is 0.410. The van der Waals surface area contributed by atoms with Gasteiger partial charge in [0.05, 0.1) is 0 Å². The molecule has 1 aliphatic rings. The molecule has 94 valence electrons. The van der Waals surface area contributed by atoms with Crippen molar-refractivity contribution in [2.24, 2.45) is 5.41 Å². The van der Waals surface area contributed by atoms with E-state index in [4.69, 9.17) is 0 Å². The molecule has 1 fully saturated rings. The highest BCUT2D eigenvalue weighted by Crippen LogP contribution is 2.38. The smallest absolute Gasteiger partial charge is 0.0305 e. The zero-order valence-electron chi connectivity index (χ0n) is 11.0. The van der Waals surface area contributed by atoms with Gasteiger partial charge in [-0.15, -0.1) is 0 Å². The van der Waals surface area contributed by atoms with E-state index in [1.54, 1.807) is 0 Å². The van der Waals surface area contributed by atoms with E-state index < -0.39 is 0 Å². The van der Waals surface area contributed by atoms with Gasteiger partial charge in [0.25, 0.3) is 0 Å². The average Bonchev–Trinajstić information content (AvgIpc) is 2.59. The summed E-state index contributed by atoms with van der Waals surface area (Å²) < 4.78 is 1.20. The predicted octanol–water partition coefficient (Wildman–Crippen LogP) is 4.68. The fraction of sp³-hybridized carbons (Fsp3) is 0.600. The zero-order chi connectivity index (χ0) is 12.5. The molecule has 1 aromatic carbocycles. The minimum atomic E-state index is 0.410. The minimum Gasteiger partial charge on any atom is -0.307 e. The maximum absolute atomic E-state index is 3.80. The van der Waals surface area contributed by atoms with Crippen LogP contribution in [0, 0.1) is 5.41 Å². The van der Waals surface area contributed by atoms with Gasteiger partial charge in [-0.2, -0.15) is 0 Å². The first-order valence-corrected chi connectivity index (χ1v) is 7.30. The third-order valence-corrected chi connectivity index (χ3v) is 4.80. The van der Waals surface area contributed by atoms with Crippen molar-refractivity contribution in [3.05, 3.63) is 34.3 Å². The quantitative estimate of drug-likeness (QED) is 0.854. The second-order valence-corrected chi connectivity index (χ2v) is 6.70. The molecule has 2 rings (SSSR count). The van der Waals surface area contributed by atoms with Gasteiger partial charge in [0, 0.05) is 16.6 Å². The lowest BCUT2D eigenvalue weighted by molar-refractivity contribution is 0.266. The van der Waals surface area contributed by atoms with E-state index in [1.807, 2.05) is 0 Å². The monoisotopic (exact) mass is 295 g/mol. The summed E-state index contributed by atoms with van der Waals surface area (Å²) in [6.45, 7) is 7.02. The van der Waals surface area contributed by atoms with Gasteiger partial charge in [0.1, 0.15) is 0 Å². The Morgan fingerprint density at radius 3 is 2.65 bits per heavy atom. The van der Waals surface area contributed by atoms with Gasteiger partial charge in [-0.05, 0) is 36.8 Å². The molecule has 1 saturated carbocycles. The second kappa shape index (κ2) is 5.11. The van der Waals surface area contributed by atoms with Gasteiger partial charge < -0.3 is 5.32 Å². The SMILES string of the molecule is CC(NC1CCCC1(C)C)c1ccccc1Br. The van der Waals surface area contributed by atoms with Crippen LogP contribution < -0.4 is 5.32 Å². The molecular formula is C15H22BrN. The predicted molar refractivity (Wildman–Crippen MR) is 77.1 cm³/mol. The fourth-order valence-corrected chi connectivity index (χ4v) is 3.48. The number of hydrogen-bond donors (Lipinski definition) is 1. The van der Waals surface area contributed by atoms with Crippen LogP contribution in [0.2, 0.25) is 0 Å². The Balaban J connectivity index is 2.07. The summed E-state index contributed by atoms with van der Waals surface area (Å²) in [5.41, 5.74) is 1.80. The highest BCUT2D eigenvalue weighted by Gasteiger charge is 2.35. The first-order valence-electron chi connectivity index (χ1n) is 6.51. The Morgan fingerprint density at radius 2 is 2.06 bits per heavy atom. The van der Waals surface area contributed by atoms with E-state index in [1.165, 1.54) is 29.3 Å². The molecule has 2 heteroatoms. The Morgan fingerprint density at radius 1 is 1.35 bits per heavy atom. The molecule has 0 radical (unpaired) electrons. The van der Waals surface area contributed by atoms with Gasteiger partial charge in [-0.1, -0.05) is 54.4 Å². The van der Waals surface area contributed by atoms with Crippen LogP contribution in [0.3, 0.4) is 0 Å². The summed E-state index contributed by atoms with van der Waals surface area (Å²) >= 11 is 3.63. The molecule has 0 aromatic heterocycles.